The highest BCUT2D eigenvalue weighted by Crippen LogP contribution is 2.35. The van der Waals surface area contributed by atoms with Crippen molar-refractivity contribution in [1.82, 2.24) is 5.32 Å². The number of amides is 1. The third-order valence-electron chi connectivity index (χ3n) is 3.93. The highest BCUT2D eigenvalue weighted by molar-refractivity contribution is 8.05. The first-order valence-corrected chi connectivity index (χ1v) is 8.89. The maximum Gasteiger partial charge on any atom is 0.260 e. The highest BCUT2D eigenvalue weighted by Gasteiger charge is 2.27. The second kappa shape index (κ2) is 7.53. The Kier molecular flexibility index (Phi) is 5.19. The van der Waals surface area contributed by atoms with E-state index >= 15 is 0 Å². The van der Waals surface area contributed by atoms with Gasteiger partial charge < -0.3 is 20.5 Å². The Balaban J connectivity index is 1.73. The zero-order valence-corrected chi connectivity index (χ0v) is 14.9. The zero-order valence-electron chi connectivity index (χ0n) is 14.1. The third-order valence-corrected chi connectivity index (χ3v) is 4.96. The van der Waals surface area contributed by atoms with Gasteiger partial charge in [0.15, 0.2) is 17.0 Å². The van der Waals surface area contributed by atoms with Crippen LogP contribution in [0, 0.1) is 0 Å². The fourth-order valence-corrected chi connectivity index (χ4v) is 3.49. The lowest BCUT2D eigenvalue weighted by Gasteiger charge is -2.12. The van der Waals surface area contributed by atoms with Gasteiger partial charge in [0.25, 0.3) is 5.91 Å². The zero-order chi connectivity index (χ0) is 17.8. The van der Waals surface area contributed by atoms with Crippen molar-refractivity contribution < 1.29 is 14.6 Å². The molecular formula is C19H20N2O3S. The fourth-order valence-electron chi connectivity index (χ4n) is 2.52. The molecule has 25 heavy (non-hydrogen) atoms. The van der Waals surface area contributed by atoms with Crippen molar-refractivity contribution in [3.8, 4) is 11.5 Å². The van der Waals surface area contributed by atoms with Crippen LogP contribution in [-0.2, 0) is 11.2 Å². The number of hydrogen-bond donors (Lipinski definition) is 3. The second-order valence-electron chi connectivity index (χ2n) is 5.57. The predicted molar refractivity (Wildman–Crippen MR) is 102 cm³/mol. The van der Waals surface area contributed by atoms with Gasteiger partial charge in [0, 0.05) is 11.3 Å². The lowest BCUT2D eigenvalue weighted by molar-refractivity contribution is -0.116. The van der Waals surface area contributed by atoms with Crippen LogP contribution in [0.25, 0.3) is 6.08 Å². The fraction of sp³-hybridized carbons (Fsp3) is 0.211. The monoisotopic (exact) mass is 356 g/mol. The summed E-state index contributed by atoms with van der Waals surface area (Å²) >= 11 is 1.38. The molecule has 0 aromatic heterocycles. The first-order valence-electron chi connectivity index (χ1n) is 8.01. The van der Waals surface area contributed by atoms with E-state index in [1.165, 1.54) is 24.4 Å². The summed E-state index contributed by atoms with van der Waals surface area (Å²) in [6, 6.07) is 13.3. The Morgan fingerprint density at radius 1 is 1.28 bits per heavy atom. The Labute approximate surface area is 151 Å². The van der Waals surface area contributed by atoms with E-state index in [4.69, 9.17) is 4.74 Å². The quantitative estimate of drug-likeness (QED) is 0.715. The van der Waals surface area contributed by atoms with Crippen LogP contribution in [0.2, 0.25) is 0 Å². The number of thioether (sulfide) groups is 1. The van der Waals surface area contributed by atoms with Crippen LogP contribution in [0.3, 0.4) is 0 Å². The van der Waals surface area contributed by atoms with Gasteiger partial charge >= 0.3 is 0 Å². The molecule has 1 saturated heterocycles. The van der Waals surface area contributed by atoms with E-state index < -0.39 is 0 Å². The Hall–Kier alpha value is -2.60. The highest BCUT2D eigenvalue weighted by atomic mass is 32.2. The molecule has 6 heteroatoms. The number of ether oxygens (including phenoxy) is 1. The Bertz CT molecular complexity index is 803. The summed E-state index contributed by atoms with van der Waals surface area (Å²) in [6.07, 6.45) is 2.66. The van der Waals surface area contributed by atoms with Crippen molar-refractivity contribution in [2.75, 3.05) is 12.4 Å². The molecule has 3 N–H and O–H groups in total. The number of carbonyl (C=O) groups excluding carboxylic acids is 1. The SMILES string of the molecule is CCc1ccc(N[C@@H]2NC(=O)/C(=C\c3cccc(OC)c3O)S2)cc1. The van der Waals surface area contributed by atoms with E-state index in [-0.39, 0.29) is 17.2 Å². The number of para-hydroxylation sites is 1. The molecule has 0 radical (unpaired) electrons. The summed E-state index contributed by atoms with van der Waals surface area (Å²) in [5, 5.41) is 16.3. The number of aryl methyl sites for hydroxylation is 1. The average Bonchev–Trinajstić information content (AvgIpc) is 2.96. The number of anilines is 1. The van der Waals surface area contributed by atoms with E-state index in [1.807, 2.05) is 12.1 Å². The van der Waals surface area contributed by atoms with Gasteiger partial charge in [-0.2, -0.15) is 0 Å². The number of benzene rings is 2. The molecule has 3 rings (SSSR count). The van der Waals surface area contributed by atoms with Crippen molar-refractivity contribution in [1.29, 1.82) is 0 Å². The molecule has 0 unspecified atom stereocenters. The van der Waals surface area contributed by atoms with Crippen LogP contribution in [0.15, 0.2) is 47.4 Å². The predicted octanol–water partition coefficient (Wildman–Crippen LogP) is 3.56. The minimum absolute atomic E-state index is 0.0254. The number of phenolic OH excluding ortho intramolecular Hbond substituents is 1. The first kappa shape index (κ1) is 17.2. The van der Waals surface area contributed by atoms with Crippen molar-refractivity contribution in [2.45, 2.75) is 18.8 Å². The van der Waals surface area contributed by atoms with E-state index in [0.717, 1.165) is 12.1 Å². The maximum absolute atomic E-state index is 12.2. The van der Waals surface area contributed by atoms with Crippen LogP contribution in [0.5, 0.6) is 11.5 Å². The molecule has 130 valence electrons. The second-order valence-corrected chi connectivity index (χ2v) is 6.72. The molecule has 1 fully saturated rings. The summed E-state index contributed by atoms with van der Waals surface area (Å²) in [7, 11) is 1.49. The lowest BCUT2D eigenvalue weighted by Crippen LogP contribution is -2.30. The van der Waals surface area contributed by atoms with E-state index in [2.05, 4.69) is 29.7 Å². The summed E-state index contributed by atoms with van der Waals surface area (Å²) < 4.78 is 5.10. The number of carbonyl (C=O) groups is 1. The van der Waals surface area contributed by atoms with Gasteiger partial charge in [0.05, 0.1) is 12.0 Å². The molecule has 5 nitrogen and oxygen atoms in total. The van der Waals surface area contributed by atoms with Gasteiger partial charge in [-0.05, 0) is 36.3 Å². The molecule has 1 aliphatic heterocycles. The maximum atomic E-state index is 12.2. The van der Waals surface area contributed by atoms with Crippen molar-refractivity contribution >= 4 is 29.4 Å². The molecular weight excluding hydrogens is 336 g/mol. The molecule has 2 aromatic carbocycles. The third kappa shape index (κ3) is 3.91. The molecule has 1 atom stereocenters. The van der Waals surface area contributed by atoms with Crippen molar-refractivity contribution in [3.63, 3.8) is 0 Å². The van der Waals surface area contributed by atoms with E-state index in [9.17, 15) is 9.90 Å². The standard InChI is InChI=1S/C19H20N2O3S/c1-3-12-7-9-14(10-8-12)20-19-21-18(23)16(25-19)11-13-5-4-6-15(24-2)17(13)22/h4-11,19-20,22H,3H2,1-2H3,(H,21,23)/b16-11+/t19-/m1/s1. The minimum Gasteiger partial charge on any atom is -0.504 e. The largest absolute Gasteiger partial charge is 0.504 e. The number of hydrogen-bond acceptors (Lipinski definition) is 5. The van der Waals surface area contributed by atoms with E-state index in [1.54, 1.807) is 24.3 Å². The van der Waals surface area contributed by atoms with Gasteiger partial charge in [0.1, 0.15) is 0 Å². The lowest BCUT2D eigenvalue weighted by atomic mass is 10.1. The number of methoxy groups -OCH3 is 1. The van der Waals surface area contributed by atoms with Gasteiger partial charge in [-0.1, -0.05) is 43.0 Å². The van der Waals surface area contributed by atoms with Crippen LogP contribution in [0.4, 0.5) is 5.69 Å². The molecule has 0 spiro atoms. The molecule has 1 heterocycles. The number of aromatic hydroxyl groups is 1. The first-order chi connectivity index (χ1) is 12.1. The van der Waals surface area contributed by atoms with Gasteiger partial charge in [-0.15, -0.1) is 0 Å². The topological polar surface area (TPSA) is 70.6 Å². The van der Waals surface area contributed by atoms with Gasteiger partial charge in [-0.25, -0.2) is 0 Å². The molecule has 0 bridgehead atoms. The number of phenols is 1. The summed E-state index contributed by atoms with van der Waals surface area (Å²) in [5.74, 6) is 0.232. The summed E-state index contributed by atoms with van der Waals surface area (Å²) in [5.41, 5.74) is 2.51. The number of rotatable bonds is 5. The van der Waals surface area contributed by atoms with Gasteiger partial charge in [0.2, 0.25) is 0 Å². The molecule has 0 saturated carbocycles. The van der Waals surface area contributed by atoms with Crippen molar-refractivity contribution in [3.05, 3.63) is 58.5 Å². The normalized spacial score (nSPS) is 18.2. The molecule has 1 aliphatic rings. The van der Waals surface area contributed by atoms with Gasteiger partial charge in [-0.3, -0.25) is 4.79 Å². The van der Waals surface area contributed by atoms with Crippen LogP contribution >= 0.6 is 11.8 Å². The van der Waals surface area contributed by atoms with Crippen LogP contribution < -0.4 is 15.4 Å². The summed E-state index contributed by atoms with van der Waals surface area (Å²) in [6.45, 7) is 2.11. The minimum atomic E-state index is -0.251. The van der Waals surface area contributed by atoms with Crippen LogP contribution in [0.1, 0.15) is 18.1 Å². The molecule has 2 aromatic rings. The summed E-state index contributed by atoms with van der Waals surface area (Å²) in [4.78, 5) is 12.7. The Morgan fingerprint density at radius 2 is 2.04 bits per heavy atom. The average molecular weight is 356 g/mol. The molecule has 1 amide bonds. The van der Waals surface area contributed by atoms with Crippen LogP contribution in [-0.4, -0.2) is 23.6 Å². The van der Waals surface area contributed by atoms with Crippen molar-refractivity contribution in [2.24, 2.45) is 0 Å². The molecule has 0 aliphatic carbocycles. The number of nitrogens with one attached hydrogen (secondary N) is 2. The smallest absolute Gasteiger partial charge is 0.260 e. The van der Waals surface area contributed by atoms with E-state index in [0.29, 0.717) is 16.2 Å². The Morgan fingerprint density at radius 3 is 2.72 bits per heavy atom.